The van der Waals surface area contributed by atoms with E-state index in [9.17, 15) is 4.79 Å². The van der Waals surface area contributed by atoms with Crippen molar-refractivity contribution in [1.29, 1.82) is 0 Å². The zero-order valence-electron chi connectivity index (χ0n) is 23.8. The van der Waals surface area contributed by atoms with E-state index in [0.717, 1.165) is 18.3 Å². The molecule has 0 N–H and O–H groups in total. The summed E-state index contributed by atoms with van der Waals surface area (Å²) in [6.45, 7) is 22.0. The van der Waals surface area contributed by atoms with Gasteiger partial charge >= 0.3 is 5.97 Å². The quantitative estimate of drug-likeness (QED) is 0.284. The Balaban J connectivity index is 1.53. The molecule has 0 aliphatic heterocycles. The fourth-order valence-electron chi connectivity index (χ4n) is 10.9. The van der Waals surface area contributed by atoms with Crippen LogP contribution in [0.5, 0.6) is 0 Å². The molecular weight excluding hydrogens is 416 g/mol. The van der Waals surface area contributed by atoms with Gasteiger partial charge in [-0.1, -0.05) is 67.0 Å². The Bertz CT molecular complexity index is 897. The van der Waals surface area contributed by atoms with Crippen molar-refractivity contribution in [2.24, 2.45) is 50.2 Å². The van der Waals surface area contributed by atoms with E-state index < -0.39 is 0 Å². The number of carbonyl (C=O) groups is 1. The molecule has 4 fully saturated rings. The highest BCUT2D eigenvalue weighted by Crippen LogP contribution is 2.75. The van der Waals surface area contributed by atoms with Crippen molar-refractivity contribution < 1.29 is 9.53 Å². The molecule has 0 aromatic heterocycles. The normalized spacial score (nSPS) is 51.1. The van der Waals surface area contributed by atoms with Crippen LogP contribution in [0.2, 0.25) is 0 Å². The molecule has 192 valence electrons. The van der Waals surface area contributed by atoms with Crippen molar-refractivity contribution in [2.45, 2.75) is 133 Å². The van der Waals surface area contributed by atoms with Gasteiger partial charge in [0.15, 0.2) is 0 Å². The zero-order valence-corrected chi connectivity index (χ0v) is 23.8. The molecule has 5 rings (SSSR count). The van der Waals surface area contributed by atoms with E-state index in [0.29, 0.717) is 33.0 Å². The summed E-state index contributed by atoms with van der Waals surface area (Å²) in [5, 5.41) is 0. The predicted octanol–water partition coefficient (Wildman–Crippen LogP) is 8.74. The number of allylic oxidation sites excluding steroid dienone is 2. The number of hydrogen-bond acceptors (Lipinski definition) is 2. The van der Waals surface area contributed by atoms with E-state index in [1.165, 1.54) is 57.8 Å². The first-order valence-electron chi connectivity index (χ1n) is 14.5. The number of carbonyl (C=O) groups excluding carboxylic acids is 1. The molecule has 0 spiro atoms. The van der Waals surface area contributed by atoms with Crippen LogP contribution in [-0.4, -0.2) is 12.1 Å². The van der Waals surface area contributed by atoms with Gasteiger partial charge < -0.3 is 4.74 Å². The minimum Gasteiger partial charge on any atom is -0.462 e. The standard InChI is InChI=1S/C32H52O2/c1-21(33)34-26-13-14-30(7)24(28(26,4)5)12-15-32(9)25(30)11-10-22-23-20-27(2,3)16-17-29(23,6)18-19-31(22,32)8/h10,23-26H,11-20H2,1-9H3/t23-,24-,25+,26+,29+,30+,31-,32-/m1/s1. The Morgan fingerprint density at radius 3 is 2.21 bits per heavy atom. The molecular formula is C32H52O2. The third kappa shape index (κ3) is 3.21. The second kappa shape index (κ2) is 7.38. The Hall–Kier alpha value is -0.790. The third-order valence-electron chi connectivity index (χ3n) is 13.3. The number of fused-ring (bicyclic) bond motifs is 7. The van der Waals surface area contributed by atoms with Gasteiger partial charge in [0.05, 0.1) is 0 Å². The minimum atomic E-state index is -0.110. The average molecular weight is 469 g/mol. The van der Waals surface area contributed by atoms with Crippen molar-refractivity contribution in [3.8, 4) is 0 Å². The molecule has 2 nitrogen and oxygen atoms in total. The lowest BCUT2D eigenvalue weighted by molar-refractivity contribution is -0.211. The summed E-state index contributed by atoms with van der Waals surface area (Å²) >= 11 is 0. The molecule has 0 aromatic carbocycles. The minimum absolute atomic E-state index is 0.0451. The Morgan fingerprint density at radius 2 is 1.53 bits per heavy atom. The van der Waals surface area contributed by atoms with Crippen molar-refractivity contribution in [3.63, 3.8) is 0 Å². The average Bonchev–Trinajstić information content (AvgIpc) is 2.72. The summed E-state index contributed by atoms with van der Waals surface area (Å²) in [6.07, 6.45) is 15.9. The molecule has 0 heterocycles. The molecule has 0 radical (unpaired) electrons. The third-order valence-corrected chi connectivity index (χ3v) is 13.3. The molecule has 0 amide bonds. The van der Waals surface area contributed by atoms with Crippen LogP contribution >= 0.6 is 0 Å². The lowest BCUT2D eigenvalue weighted by Crippen LogP contribution is -2.64. The van der Waals surface area contributed by atoms with E-state index in [2.05, 4.69) is 61.5 Å². The first-order chi connectivity index (χ1) is 15.6. The summed E-state index contributed by atoms with van der Waals surface area (Å²) in [5.74, 6) is 2.01. The molecule has 0 saturated heterocycles. The molecule has 8 atom stereocenters. The first-order valence-corrected chi connectivity index (χ1v) is 14.5. The van der Waals surface area contributed by atoms with Crippen molar-refractivity contribution in [1.82, 2.24) is 0 Å². The molecule has 0 aromatic rings. The van der Waals surface area contributed by atoms with Gasteiger partial charge in [-0.15, -0.1) is 0 Å². The van der Waals surface area contributed by atoms with E-state index in [-0.39, 0.29) is 17.5 Å². The fourth-order valence-corrected chi connectivity index (χ4v) is 10.9. The number of rotatable bonds is 1. The number of esters is 1. The van der Waals surface area contributed by atoms with Crippen LogP contribution in [0.25, 0.3) is 0 Å². The highest BCUT2D eigenvalue weighted by atomic mass is 16.5. The van der Waals surface area contributed by atoms with E-state index in [1.807, 2.05) is 5.57 Å². The molecule has 2 heteroatoms. The molecule has 5 aliphatic rings. The maximum atomic E-state index is 11.9. The van der Waals surface area contributed by atoms with Gasteiger partial charge in [-0.25, -0.2) is 0 Å². The highest BCUT2D eigenvalue weighted by molar-refractivity contribution is 5.66. The summed E-state index contributed by atoms with van der Waals surface area (Å²) in [4.78, 5) is 11.9. The molecule has 5 aliphatic carbocycles. The van der Waals surface area contributed by atoms with Gasteiger partial charge in [-0.2, -0.15) is 0 Å². The Morgan fingerprint density at radius 1 is 0.853 bits per heavy atom. The van der Waals surface area contributed by atoms with Gasteiger partial charge in [0, 0.05) is 12.3 Å². The van der Waals surface area contributed by atoms with Crippen LogP contribution in [0.3, 0.4) is 0 Å². The van der Waals surface area contributed by atoms with Gasteiger partial charge in [-0.05, 0) is 109 Å². The zero-order chi connectivity index (χ0) is 24.9. The van der Waals surface area contributed by atoms with E-state index >= 15 is 0 Å². The van der Waals surface area contributed by atoms with E-state index in [4.69, 9.17) is 4.74 Å². The van der Waals surface area contributed by atoms with Crippen LogP contribution in [0.4, 0.5) is 0 Å². The lowest BCUT2D eigenvalue weighted by Gasteiger charge is -2.71. The van der Waals surface area contributed by atoms with Crippen LogP contribution in [0.1, 0.15) is 127 Å². The van der Waals surface area contributed by atoms with Gasteiger partial charge in [0.25, 0.3) is 0 Å². The molecule has 0 unspecified atom stereocenters. The Kier molecular flexibility index (Phi) is 5.40. The number of hydrogen-bond donors (Lipinski definition) is 0. The fraction of sp³-hybridized carbons (Fsp3) is 0.906. The first kappa shape index (κ1) is 24.9. The summed E-state index contributed by atoms with van der Waals surface area (Å²) in [5.41, 5.74) is 3.92. The second-order valence-electron chi connectivity index (χ2n) is 15.8. The summed E-state index contributed by atoms with van der Waals surface area (Å²) < 4.78 is 5.91. The van der Waals surface area contributed by atoms with Crippen molar-refractivity contribution >= 4 is 5.97 Å². The Labute approximate surface area is 210 Å². The van der Waals surface area contributed by atoms with Crippen LogP contribution in [0, 0.1) is 50.2 Å². The monoisotopic (exact) mass is 468 g/mol. The maximum Gasteiger partial charge on any atom is 0.302 e. The predicted molar refractivity (Wildman–Crippen MR) is 140 cm³/mol. The van der Waals surface area contributed by atoms with Crippen LogP contribution in [0.15, 0.2) is 11.6 Å². The SMILES string of the molecule is CC(=O)O[C@H]1CC[C@@]2(C)[C@H](CC[C@]3(C)[C@H]2CC=C2[C@H]4CC(C)(C)CC[C@@]4(C)CC[C@]23C)C1(C)C. The van der Waals surface area contributed by atoms with Crippen LogP contribution in [-0.2, 0) is 9.53 Å². The molecule has 34 heavy (non-hydrogen) atoms. The molecule has 0 bridgehead atoms. The smallest absolute Gasteiger partial charge is 0.302 e. The summed E-state index contributed by atoms with van der Waals surface area (Å²) in [6, 6.07) is 0. The van der Waals surface area contributed by atoms with Crippen molar-refractivity contribution in [2.75, 3.05) is 0 Å². The van der Waals surface area contributed by atoms with Gasteiger partial charge in [-0.3, -0.25) is 4.79 Å². The maximum absolute atomic E-state index is 11.9. The van der Waals surface area contributed by atoms with Crippen molar-refractivity contribution in [3.05, 3.63) is 11.6 Å². The second-order valence-corrected chi connectivity index (χ2v) is 15.8. The highest BCUT2D eigenvalue weighted by Gasteiger charge is 2.68. The summed E-state index contributed by atoms with van der Waals surface area (Å²) in [7, 11) is 0. The van der Waals surface area contributed by atoms with Crippen LogP contribution < -0.4 is 0 Å². The molecule has 4 saturated carbocycles. The number of ether oxygens (including phenoxy) is 1. The lowest BCUT2D eigenvalue weighted by atomic mass is 9.33. The van der Waals surface area contributed by atoms with E-state index in [1.54, 1.807) is 6.92 Å². The van der Waals surface area contributed by atoms with Gasteiger partial charge in [0.2, 0.25) is 0 Å². The topological polar surface area (TPSA) is 26.3 Å². The van der Waals surface area contributed by atoms with Gasteiger partial charge in [0.1, 0.15) is 6.10 Å². The largest absolute Gasteiger partial charge is 0.462 e.